The summed E-state index contributed by atoms with van der Waals surface area (Å²) in [5, 5.41) is 10.4. The van der Waals surface area contributed by atoms with Crippen molar-refractivity contribution in [2.45, 2.75) is 12.4 Å². The number of alkyl halides is 3. The molecule has 0 fully saturated rings. The summed E-state index contributed by atoms with van der Waals surface area (Å²) in [6.45, 7) is 0. The molecular formula is C14H10BrClF3NO2. The fourth-order valence-electron chi connectivity index (χ4n) is 1.86. The van der Waals surface area contributed by atoms with Crippen LogP contribution in [-0.4, -0.2) is 11.5 Å². The number of halogens is 5. The smallest absolute Gasteiger partial charge is 0.506 e. The molecular weight excluding hydrogens is 387 g/mol. The van der Waals surface area contributed by atoms with Gasteiger partial charge in [0.25, 0.3) is 0 Å². The fraction of sp³-hybridized carbons (Fsp3) is 0.143. The van der Waals surface area contributed by atoms with E-state index in [4.69, 9.17) is 17.3 Å². The molecule has 0 bridgehead atoms. The highest BCUT2D eigenvalue weighted by atomic mass is 79.9. The minimum atomic E-state index is -4.75. The first-order chi connectivity index (χ1) is 10.2. The van der Waals surface area contributed by atoms with Gasteiger partial charge in [0.05, 0.1) is 15.5 Å². The SMILES string of the molecule is N[C@@H](c1ccc(OC(F)(F)F)cc1)c1ccc(Cl)c(Br)c1O. The number of benzene rings is 2. The summed E-state index contributed by atoms with van der Waals surface area (Å²) in [6.07, 6.45) is -4.75. The van der Waals surface area contributed by atoms with Crippen molar-refractivity contribution in [1.82, 2.24) is 0 Å². The number of phenols is 1. The highest BCUT2D eigenvalue weighted by Crippen LogP contribution is 2.38. The molecule has 0 saturated carbocycles. The zero-order valence-electron chi connectivity index (χ0n) is 10.9. The molecule has 3 nitrogen and oxygen atoms in total. The zero-order chi connectivity index (χ0) is 16.5. The van der Waals surface area contributed by atoms with Crippen LogP contribution in [0.25, 0.3) is 0 Å². The van der Waals surface area contributed by atoms with Crippen LogP contribution in [0.3, 0.4) is 0 Å². The van der Waals surface area contributed by atoms with Crippen molar-refractivity contribution in [3.63, 3.8) is 0 Å². The second-order valence-electron chi connectivity index (χ2n) is 4.39. The molecule has 2 rings (SSSR count). The highest BCUT2D eigenvalue weighted by molar-refractivity contribution is 9.10. The van der Waals surface area contributed by atoms with E-state index in [9.17, 15) is 18.3 Å². The van der Waals surface area contributed by atoms with Crippen LogP contribution >= 0.6 is 27.5 Å². The van der Waals surface area contributed by atoms with Crippen molar-refractivity contribution >= 4 is 27.5 Å². The molecule has 0 saturated heterocycles. The van der Waals surface area contributed by atoms with Gasteiger partial charge in [-0.2, -0.15) is 0 Å². The molecule has 0 unspecified atom stereocenters. The van der Waals surface area contributed by atoms with Crippen molar-refractivity contribution in [3.8, 4) is 11.5 Å². The monoisotopic (exact) mass is 395 g/mol. The van der Waals surface area contributed by atoms with E-state index in [1.54, 1.807) is 12.1 Å². The lowest BCUT2D eigenvalue weighted by Gasteiger charge is -2.16. The average molecular weight is 397 g/mol. The summed E-state index contributed by atoms with van der Waals surface area (Å²) in [5.74, 6) is -0.458. The Balaban J connectivity index is 2.27. The summed E-state index contributed by atoms with van der Waals surface area (Å²) in [6, 6.07) is 7.49. The van der Waals surface area contributed by atoms with Gasteiger partial charge in [0.2, 0.25) is 0 Å². The van der Waals surface area contributed by atoms with Crippen LogP contribution in [0.4, 0.5) is 13.2 Å². The third-order valence-corrected chi connectivity index (χ3v) is 4.25. The van der Waals surface area contributed by atoms with Crippen LogP contribution in [0.2, 0.25) is 5.02 Å². The summed E-state index contributed by atoms with van der Waals surface area (Å²) >= 11 is 8.98. The Kier molecular flexibility index (Phi) is 4.89. The molecule has 0 aliphatic carbocycles. The maximum atomic E-state index is 12.1. The quantitative estimate of drug-likeness (QED) is 0.787. The van der Waals surface area contributed by atoms with E-state index in [0.29, 0.717) is 20.6 Å². The van der Waals surface area contributed by atoms with Gasteiger partial charge in [0, 0.05) is 5.56 Å². The lowest BCUT2D eigenvalue weighted by molar-refractivity contribution is -0.274. The molecule has 8 heteroatoms. The lowest BCUT2D eigenvalue weighted by Crippen LogP contribution is -2.17. The number of phenolic OH excluding ortho intramolecular Hbond substituents is 1. The van der Waals surface area contributed by atoms with Crippen molar-refractivity contribution in [2.75, 3.05) is 0 Å². The molecule has 1 atom stereocenters. The largest absolute Gasteiger partial charge is 0.573 e. The Bertz CT molecular complexity index is 677. The number of hydrogen-bond acceptors (Lipinski definition) is 3. The zero-order valence-corrected chi connectivity index (χ0v) is 13.2. The third-order valence-electron chi connectivity index (χ3n) is 2.91. The van der Waals surface area contributed by atoms with Gasteiger partial charge >= 0.3 is 6.36 Å². The minimum Gasteiger partial charge on any atom is -0.506 e. The molecule has 0 spiro atoms. The Morgan fingerprint density at radius 2 is 1.73 bits per heavy atom. The van der Waals surface area contributed by atoms with Crippen molar-refractivity contribution in [1.29, 1.82) is 0 Å². The molecule has 2 aromatic rings. The first-order valence-corrected chi connectivity index (χ1v) is 7.14. The highest BCUT2D eigenvalue weighted by Gasteiger charge is 2.31. The van der Waals surface area contributed by atoms with E-state index in [2.05, 4.69) is 20.7 Å². The summed E-state index contributed by atoms with van der Waals surface area (Å²) in [5.41, 5.74) is 6.93. The first-order valence-electron chi connectivity index (χ1n) is 5.97. The topological polar surface area (TPSA) is 55.5 Å². The summed E-state index contributed by atoms with van der Waals surface area (Å²) in [7, 11) is 0. The molecule has 3 N–H and O–H groups in total. The van der Waals surface area contributed by atoms with E-state index in [1.165, 1.54) is 12.1 Å². The average Bonchev–Trinajstić information content (AvgIpc) is 2.43. The molecule has 0 radical (unpaired) electrons. The Morgan fingerprint density at radius 1 is 1.14 bits per heavy atom. The normalized spacial score (nSPS) is 13.0. The molecule has 0 aliphatic heterocycles. The Morgan fingerprint density at radius 3 is 2.27 bits per heavy atom. The van der Waals surface area contributed by atoms with Gasteiger partial charge in [0.15, 0.2) is 0 Å². The van der Waals surface area contributed by atoms with E-state index < -0.39 is 12.4 Å². The van der Waals surface area contributed by atoms with Crippen molar-refractivity contribution in [2.24, 2.45) is 5.73 Å². The predicted octanol–water partition coefficient (Wildman–Crippen LogP) is 4.75. The number of aromatic hydroxyl groups is 1. The molecule has 0 aliphatic rings. The lowest BCUT2D eigenvalue weighted by atomic mass is 9.99. The molecule has 118 valence electrons. The van der Waals surface area contributed by atoms with Crippen LogP contribution < -0.4 is 10.5 Å². The molecule has 0 heterocycles. The van der Waals surface area contributed by atoms with E-state index in [-0.39, 0.29) is 11.5 Å². The van der Waals surface area contributed by atoms with Crippen molar-refractivity contribution in [3.05, 3.63) is 57.0 Å². The van der Waals surface area contributed by atoms with Gasteiger partial charge < -0.3 is 15.6 Å². The van der Waals surface area contributed by atoms with Crippen LogP contribution in [0.1, 0.15) is 17.2 Å². The maximum absolute atomic E-state index is 12.1. The second-order valence-corrected chi connectivity index (χ2v) is 5.59. The number of nitrogens with two attached hydrogens (primary N) is 1. The maximum Gasteiger partial charge on any atom is 0.573 e. The van der Waals surface area contributed by atoms with E-state index in [1.807, 2.05) is 0 Å². The summed E-state index contributed by atoms with van der Waals surface area (Å²) < 4.78 is 40.4. The van der Waals surface area contributed by atoms with Gasteiger partial charge in [-0.1, -0.05) is 29.8 Å². The van der Waals surface area contributed by atoms with E-state index in [0.717, 1.165) is 12.1 Å². The number of hydrogen-bond donors (Lipinski definition) is 2. The molecule has 0 amide bonds. The van der Waals surface area contributed by atoms with Crippen molar-refractivity contribution < 1.29 is 23.0 Å². The number of ether oxygens (including phenoxy) is 1. The molecule has 0 aromatic heterocycles. The number of rotatable bonds is 3. The predicted molar refractivity (Wildman–Crippen MR) is 80.0 cm³/mol. The third kappa shape index (κ3) is 3.85. The fourth-order valence-corrected chi connectivity index (χ4v) is 2.38. The van der Waals surface area contributed by atoms with Gasteiger partial charge in [-0.3, -0.25) is 0 Å². The Labute approximate surface area is 137 Å². The van der Waals surface area contributed by atoms with Gasteiger partial charge in [-0.05, 0) is 39.7 Å². The van der Waals surface area contributed by atoms with Crippen LogP contribution in [0.15, 0.2) is 40.9 Å². The van der Waals surface area contributed by atoms with Crippen LogP contribution in [0.5, 0.6) is 11.5 Å². The minimum absolute atomic E-state index is 0.115. The first kappa shape index (κ1) is 16.9. The Hall–Kier alpha value is -1.44. The van der Waals surface area contributed by atoms with Gasteiger partial charge in [0.1, 0.15) is 11.5 Å². The van der Waals surface area contributed by atoms with Gasteiger partial charge in [-0.15, -0.1) is 13.2 Å². The summed E-state index contributed by atoms with van der Waals surface area (Å²) in [4.78, 5) is 0. The van der Waals surface area contributed by atoms with Crippen LogP contribution in [-0.2, 0) is 0 Å². The van der Waals surface area contributed by atoms with Crippen LogP contribution in [0, 0.1) is 0 Å². The standard InChI is InChI=1S/C14H10BrClF3NO2/c15-11-10(16)6-5-9(13(11)21)12(20)7-1-3-8(4-2-7)22-14(17,18)19/h1-6,12,21H,20H2/t12-/m0/s1. The molecule has 2 aromatic carbocycles. The van der Waals surface area contributed by atoms with Gasteiger partial charge in [-0.25, -0.2) is 0 Å². The molecule has 22 heavy (non-hydrogen) atoms. The van der Waals surface area contributed by atoms with E-state index >= 15 is 0 Å². The second kappa shape index (κ2) is 6.36.